The molecule has 0 aliphatic heterocycles. The summed E-state index contributed by atoms with van der Waals surface area (Å²) in [5.41, 5.74) is 4.77. The summed E-state index contributed by atoms with van der Waals surface area (Å²) in [6.45, 7) is 0. The van der Waals surface area contributed by atoms with Crippen molar-refractivity contribution in [1.29, 1.82) is 0 Å². The van der Waals surface area contributed by atoms with Gasteiger partial charge >= 0.3 is 0 Å². The van der Waals surface area contributed by atoms with E-state index in [1.807, 2.05) is 55.5 Å². The van der Waals surface area contributed by atoms with Crippen LogP contribution in [0.15, 0.2) is 61.1 Å². The number of ether oxygens (including phenoxy) is 2. The summed E-state index contributed by atoms with van der Waals surface area (Å²) in [5, 5.41) is 0.967. The van der Waals surface area contributed by atoms with Crippen molar-refractivity contribution in [2.24, 2.45) is 0 Å². The molecule has 0 amide bonds. The van der Waals surface area contributed by atoms with E-state index in [4.69, 9.17) is 9.47 Å². The van der Waals surface area contributed by atoms with Crippen molar-refractivity contribution in [2.45, 2.75) is 0 Å². The fraction of sp³-hybridized carbons (Fsp3) is 0.174. The second-order valence-corrected chi connectivity index (χ2v) is 6.82. The maximum Gasteiger partial charge on any atom is 0.161 e. The van der Waals surface area contributed by atoms with Crippen molar-refractivity contribution >= 4 is 16.7 Å². The van der Waals surface area contributed by atoms with Crippen molar-refractivity contribution in [3.8, 4) is 33.9 Å². The van der Waals surface area contributed by atoms with Crippen LogP contribution in [0.5, 0.6) is 11.5 Å². The molecule has 4 aromatic rings. The second kappa shape index (κ2) is 7.75. The minimum atomic E-state index is 0.663. The first-order chi connectivity index (χ1) is 14.1. The minimum Gasteiger partial charge on any atom is -0.493 e. The van der Waals surface area contributed by atoms with Gasteiger partial charge in [0.05, 0.1) is 25.4 Å². The molecule has 4 rings (SSSR count). The molecule has 0 saturated carbocycles. The quantitative estimate of drug-likeness (QED) is 0.505. The predicted molar refractivity (Wildman–Crippen MR) is 116 cm³/mol. The average molecular weight is 386 g/mol. The molecule has 0 aliphatic carbocycles. The van der Waals surface area contributed by atoms with Gasteiger partial charge in [0.2, 0.25) is 0 Å². The second-order valence-electron chi connectivity index (χ2n) is 6.82. The Bertz CT molecular complexity index is 1160. The van der Waals surface area contributed by atoms with Crippen molar-refractivity contribution in [3.05, 3.63) is 61.1 Å². The summed E-state index contributed by atoms with van der Waals surface area (Å²) in [7, 11) is 7.21. The zero-order valence-corrected chi connectivity index (χ0v) is 16.9. The summed E-state index contributed by atoms with van der Waals surface area (Å²) in [4.78, 5) is 15.5. The molecule has 0 N–H and O–H groups in total. The SMILES string of the molecule is COc1ccc(-c2ncnc3ccc(-c4ccc(N(C)C)nc4)cc23)cc1OC. The van der Waals surface area contributed by atoms with Gasteiger partial charge in [-0.1, -0.05) is 6.07 Å². The van der Waals surface area contributed by atoms with Gasteiger partial charge in [-0.2, -0.15) is 0 Å². The molecule has 146 valence electrons. The molecule has 0 atom stereocenters. The Morgan fingerprint density at radius 1 is 0.724 bits per heavy atom. The Balaban J connectivity index is 1.83. The summed E-state index contributed by atoms with van der Waals surface area (Å²) < 4.78 is 10.8. The molecule has 0 bridgehead atoms. The highest BCUT2D eigenvalue weighted by Crippen LogP contribution is 2.35. The fourth-order valence-corrected chi connectivity index (χ4v) is 3.27. The number of anilines is 1. The van der Waals surface area contributed by atoms with Crippen LogP contribution in [0.1, 0.15) is 0 Å². The Hall–Kier alpha value is -3.67. The molecule has 6 nitrogen and oxygen atoms in total. The van der Waals surface area contributed by atoms with Crippen molar-refractivity contribution in [1.82, 2.24) is 15.0 Å². The van der Waals surface area contributed by atoms with E-state index in [2.05, 4.69) is 33.2 Å². The van der Waals surface area contributed by atoms with Crippen LogP contribution >= 0.6 is 0 Å². The summed E-state index contributed by atoms with van der Waals surface area (Å²) in [5.74, 6) is 2.27. The van der Waals surface area contributed by atoms with Crippen LogP contribution in [0, 0.1) is 0 Å². The first-order valence-electron chi connectivity index (χ1n) is 9.21. The Morgan fingerprint density at radius 3 is 2.17 bits per heavy atom. The number of pyridine rings is 1. The van der Waals surface area contributed by atoms with Gasteiger partial charge in [-0.05, 0) is 48.0 Å². The topological polar surface area (TPSA) is 60.4 Å². The van der Waals surface area contributed by atoms with Gasteiger partial charge < -0.3 is 14.4 Å². The molecule has 0 saturated heterocycles. The number of hydrogen-bond acceptors (Lipinski definition) is 6. The van der Waals surface area contributed by atoms with Crippen LogP contribution in [0.2, 0.25) is 0 Å². The fourth-order valence-electron chi connectivity index (χ4n) is 3.27. The van der Waals surface area contributed by atoms with Crippen molar-refractivity contribution in [2.75, 3.05) is 33.2 Å². The minimum absolute atomic E-state index is 0.663. The molecule has 0 unspecified atom stereocenters. The highest BCUT2D eigenvalue weighted by Gasteiger charge is 2.12. The van der Waals surface area contributed by atoms with Gasteiger partial charge in [0.15, 0.2) is 11.5 Å². The van der Waals surface area contributed by atoms with Crippen LogP contribution in [0.25, 0.3) is 33.3 Å². The lowest BCUT2D eigenvalue weighted by atomic mass is 10.0. The molecule has 0 radical (unpaired) electrons. The number of rotatable bonds is 5. The molecule has 2 aromatic carbocycles. The molecule has 2 heterocycles. The van der Waals surface area contributed by atoms with E-state index in [0.29, 0.717) is 11.5 Å². The average Bonchev–Trinajstić information content (AvgIpc) is 2.77. The van der Waals surface area contributed by atoms with Gasteiger partial charge in [0.25, 0.3) is 0 Å². The van der Waals surface area contributed by atoms with E-state index in [9.17, 15) is 0 Å². The van der Waals surface area contributed by atoms with Crippen molar-refractivity contribution in [3.63, 3.8) is 0 Å². The number of hydrogen-bond donors (Lipinski definition) is 0. The molecule has 0 aliphatic rings. The standard InChI is InChI=1S/C23H22N4O2/c1-27(2)22-10-7-17(13-24-22)15-5-8-19-18(11-15)23(26-14-25-19)16-6-9-20(28-3)21(12-16)29-4/h5-14H,1-4H3. The van der Waals surface area contributed by atoms with Crippen LogP contribution in [0.4, 0.5) is 5.82 Å². The molecule has 2 aromatic heterocycles. The third kappa shape index (κ3) is 3.57. The van der Waals surface area contributed by atoms with E-state index < -0.39 is 0 Å². The molecule has 6 heteroatoms. The van der Waals surface area contributed by atoms with Crippen LogP contribution in [-0.4, -0.2) is 43.3 Å². The van der Waals surface area contributed by atoms with Gasteiger partial charge in [-0.25, -0.2) is 15.0 Å². The van der Waals surface area contributed by atoms with Crippen LogP contribution in [-0.2, 0) is 0 Å². The van der Waals surface area contributed by atoms with Gasteiger partial charge in [-0.15, -0.1) is 0 Å². The number of fused-ring (bicyclic) bond motifs is 1. The molecular weight excluding hydrogens is 364 g/mol. The zero-order valence-electron chi connectivity index (χ0n) is 16.9. The van der Waals surface area contributed by atoms with Gasteiger partial charge in [-0.3, -0.25) is 0 Å². The normalized spacial score (nSPS) is 10.8. The Morgan fingerprint density at radius 2 is 1.48 bits per heavy atom. The number of benzene rings is 2. The third-order valence-corrected chi connectivity index (χ3v) is 4.83. The number of aromatic nitrogens is 3. The number of methoxy groups -OCH3 is 2. The Kier molecular flexibility index (Phi) is 4.99. The third-order valence-electron chi connectivity index (χ3n) is 4.83. The van der Waals surface area contributed by atoms with E-state index >= 15 is 0 Å². The molecule has 29 heavy (non-hydrogen) atoms. The lowest BCUT2D eigenvalue weighted by molar-refractivity contribution is 0.355. The summed E-state index contributed by atoms with van der Waals surface area (Å²) in [6, 6.07) is 16.0. The van der Waals surface area contributed by atoms with E-state index in [1.54, 1.807) is 20.5 Å². The largest absolute Gasteiger partial charge is 0.493 e. The first kappa shape index (κ1) is 18.7. The predicted octanol–water partition coefficient (Wildman–Crippen LogP) is 4.44. The zero-order chi connectivity index (χ0) is 20.4. The van der Waals surface area contributed by atoms with Crippen molar-refractivity contribution < 1.29 is 9.47 Å². The molecule has 0 spiro atoms. The molecular formula is C23H22N4O2. The van der Waals surface area contributed by atoms with E-state index in [-0.39, 0.29) is 0 Å². The van der Waals surface area contributed by atoms with Gasteiger partial charge in [0, 0.05) is 36.8 Å². The number of nitrogens with zero attached hydrogens (tertiary/aromatic N) is 4. The highest BCUT2D eigenvalue weighted by molar-refractivity contribution is 5.95. The van der Waals surface area contributed by atoms with E-state index in [0.717, 1.165) is 39.1 Å². The van der Waals surface area contributed by atoms with E-state index in [1.165, 1.54) is 0 Å². The lowest BCUT2D eigenvalue weighted by Crippen LogP contribution is -2.09. The maximum absolute atomic E-state index is 5.45. The highest BCUT2D eigenvalue weighted by atomic mass is 16.5. The summed E-state index contributed by atoms with van der Waals surface area (Å²) >= 11 is 0. The summed E-state index contributed by atoms with van der Waals surface area (Å²) in [6.07, 6.45) is 3.47. The smallest absolute Gasteiger partial charge is 0.161 e. The van der Waals surface area contributed by atoms with Crippen LogP contribution in [0.3, 0.4) is 0 Å². The van der Waals surface area contributed by atoms with Gasteiger partial charge in [0.1, 0.15) is 12.1 Å². The lowest BCUT2D eigenvalue weighted by Gasteiger charge is -2.12. The molecule has 0 fully saturated rings. The monoisotopic (exact) mass is 386 g/mol. The van der Waals surface area contributed by atoms with Crippen LogP contribution < -0.4 is 14.4 Å². The maximum atomic E-state index is 5.45. The first-order valence-corrected chi connectivity index (χ1v) is 9.21. The Labute approximate surface area is 169 Å².